The van der Waals surface area contributed by atoms with Crippen LogP contribution in [0.1, 0.15) is 54.2 Å². The van der Waals surface area contributed by atoms with Gasteiger partial charge in [-0.2, -0.15) is 35.9 Å². The SMILES string of the molecule is CC(C)(C)OC(=O)N1CC(O)(Cn2nnc(-c3ccccc3Cc3ccc(C(F)(F)F)cc3)n2)C1.OC1(Cn2nnc(-c3ccccc3Cc3ccc(C(F)(F)F)cc3)n2)CNC1. The number of ether oxygens (including phenoxy) is 1. The normalized spacial score (nSPS) is 15.8. The summed E-state index contributed by atoms with van der Waals surface area (Å²) in [7, 11) is 0. The highest BCUT2D eigenvalue weighted by Gasteiger charge is 2.46. The van der Waals surface area contributed by atoms with Gasteiger partial charge >= 0.3 is 18.4 Å². The zero-order valence-corrected chi connectivity index (χ0v) is 34.4. The van der Waals surface area contributed by atoms with E-state index in [0.29, 0.717) is 48.7 Å². The van der Waals surface area contributed by atoms with E-state index in [9.17, 15) is 41.4 Å². The molecular weight excluding hydrogens is 835 g/mol. The number of halogens is 6. The Bertz CT molecular complexity index is 2510. The van der Waals surface area contributed by atoms with Crippen LogP contribution in [0.4, 0.5) is 31.1 Å². The van der Waals surface area contributed by atoms with E-state index in [0.717, 1.165) is 46.5 Å². The molecule has 4 aromatic carbocycles. The third-order valence-electron chi connectivity index (χ3n) is 10.2. The van der Waals surface area contributed by atoms with Crippen LogP contribution < -0.4 is 5.32 Å². The molecule has 0 spiro atoms. The van der Waals surface area contributed by atoms with E-state index in [1.807, 2.05) is 48.5 Å². The highest BCUT2D eigenvalue weighted by Crippen LogP contribution is 2.32. The van der Waals surface area contributed by atoms with Crippen molar-refractivity contribution in [2.45, 2.75) is 75.9 Å². The van der Waals surface area contributed by atoms with Gasteiger partial charge in [0.25, 0.3) is 0 Å². The Hall–Kier alpha value is -6.25. The zero-order chi connectivity index (χ0) is 45.2. The third-order valence-corrected chi connectivity index (χ3v) is 10.2. The molecule has 2 aliphatic rings. The molecule has 0 radical (unpaired) electrons. The minimum absolute atomic E-state index is 0.0420. The van der Waals surface area contributed by atoms with Crippen LogP contribution in [0.5, 0.6) is 0 Å². The van der Waals surface area contributed by atoms with Crippen molar-refractivity contribution >= 4 is 6.09 Å². The molecule has 2 aliphatic heterocycles. The molecule has 332 valence electrons. The molecule has 6 aromatic rings. The van der Waals surface area contributed by atoms with Gasteiger partial charge in [-0.3, -0.25) is 0 Å². The van der Waals surface area contributed by atoms with Gasteiger partial charge < -0.3 is 25.2 Å². The number of aliphatic hydroxyl groups is 2. The standard InChI is InChI=1S/C24H26F3N5O3.C19H18F3N5O/c1-22(2,3)35-21(33)31-13-23(34,14-31)15-32-29-20(28-30-32)19-7-5-4-6-17(19)12-16-8-10-18(11-9-16)24(25,26)27;20-19(21,22)15-7-5-13(6-8-15)9-14-3-1-2-4-16(14)17-24-26-27(25-17)12-18(28)10-23-11-18/h4-11,34H,12-15H2,1-3H3;1-8,23,28H,9-12H2. The first-order chi connectivity index (χ1) is 29.6. The number of benzene rings is 4. The highest BCUT2D eigenvalue weighted by molar-refractivity contribution is 5.69. The van der Waals surface area contributed by atoms with Crippen LogP contribution in [0.15, 0.2) is 97.1 Å². The summed E-state index contributed by atoms with van der Waals surface area (Å²) in [5.74, 6) is 0.748. The number of nitrogens with one attached hydrogen (secondary N) is 1. The van der Waals surface area contributed by atoms with Gasteiger partial charge in [0.1, 0.15) is 16.8 Å². The number of carbonyl (C=O) groups excluding carboxylic acids is 1. The van der Waals surface area contributed by atoms with Gasteiger partial charge in [-0.15, -0.1) is 20.4 Å². The number of carbonyl (C=O) groups is 1. The van der Waals surface area contributed by atoms with E-state index in [1.54, 1.807) is 20.8 Å². The Morgan fingerprint density at radius 2 is 1.06 bits per heavy atom. The van der Waals surface area contributed by atoms with Crippen molar-refractivity contribution in [1.82, 2.24) is 50.6 Å². The summed E-state index contributed by atoms with van der Waals surface area (Å²) >= 11 is 0. The first kappa shape index (κ1) is 44.8. The van der Waals surface area contributed by atoms with E-state index >= 15 is 0 Å². The summed E-state index contributed by atoms with van der Waals surface area (Å²) in [6.45, 7) is 6.73. The Morgan fingerprint density at radius 3 is 1.44 bits per heavy atom. The molecule has 1 amide bonds. The minimum atomic E-state index is -4.38. The molecule has 20 heteroatoms. The highest BCUT2D eigenvalue weighted by atomic mass is 19.4. The molecule has 3 N–H and O–H groups in total. The van der Waals surface area contributed by atoms with Crippen LogP contribution in [-0.4, -0.2) is 105 Å². The van der Waals surface area contributed by atoms with Gasteiger partial charge in [0, 0.05) is 24.2 Å². The van der Waals surface area contributed by atoms with E-state index in [1.165, 1.54) is 38.8 Å². The second-order valence-corrected chi connectivity index (χ2v) is 16.7. The lowest BCUT2D eigenvalue weighted by Crippen LogP contribution is -2.65. The molecule has 2 saturated heterocycles. The smallest absolute Gasteiger partial charge is 0.416 e. The second-order valence-electron chi connectivity index (χ2n) is 16.7. The average Bonchev–Trinajstić information content (AvgIpc) is 3.86. The van der Waals surface area contributed by atoms with Gasteiger partial charge in [-0.1, -0.05) is 72.8 Å². The molecule has 8 rings (SSSR count). The fraction of sp³-hybridized carbons (Fsp3) is 0.372. The Kier molecular flexibility index (Phi) is 12.4. The molecular formula is C43H44F6N10O4. The second kappa shape index (κ2) is 17.5. The van der Waals surface area contributed by atoms with Crippen LogP contribution in [0, 0.1) is 0 Å². The van der Waals surface area contributed by atoms with E-state index in [-0.39, 0.29) is 26.2 Å². The average molecular weight is 879 g/mol. The van der Waals surface area contributed by atoms with Crippen molar-refractivity contribution in [1.29, 1.82) is 0 Å². The molecule has 0 saturated carbocycles. The van der Waals surface area contributed by atoms with Gasteiger partial charge in [-0.05, 0) is 90.6 Å². The number of hydrogen-bond acceptors (Lipinski definition) is 11. The number of alkyl halides is 6. The predicted octanol–water partition coefficient (Wildman–Crippen LogP) is 6.22. The quantitative estimate of drug-likeness (QED) is 0.134. The lowest BCUT2D eigenvalue weighted by atomic mass is 9.95. The predicted molar refractivity (Wildman–Crippen MR) is 216 cm³/mol. The van der Waals surface area contributed by atoms with Crippen molar-refractivity contribution in [3.05, 3.63) is 130 Å². The number of hydrogen-bond donors (Lipinski definition) is 3. The van der Waals surface area contributed by atoms with Gasteiger partial charge in [0.05, 0.1) is 37.3 Å². The molecule has 63 heavy (non-hydrogen) atoms. The number of likely N-dealkylation sites (tertiary alicyclic amines) is 1. The minimum Gasteiger partial charge on any atom is -0.444 e. The van der Waals surface area contributed by atoms with Crippen molar-refractivity contribution in [2.75, 3.05) is 26.2 Å². The molecule has 0 atom stereocenters. The van der Waals surface area contributed by atoms with Crippen LogP contribution in [-0.2, 0) is 43.0 Å². The van der Waals surface area contributed by atoms with Crippen molar-refractivity contribution in [3.63, 3.8) is 0 Å². The zero-order valence-electron chi connectivity index (χ0n) is 34.4. The molecule has 2 fully saturated rings. The summed E-state index contributed by atoms with van der Waals surface area (Å²) in [6.07, 6.45) is -8.40. The van der Waals surface area contributed by atoms with Crippen LogP contribution in [0.25, 0.3) is 22.8 Å². The summed E-state index contributed by atoms with van der Waals surface area (Å²) in [4.78, 5) is 16.2. The largest absolute Gasteiger partial charge is 0.444 e. The Labute approximate surface area is 357 Å². The van der Waals surface area contributed by atoms with Crippen molar-refractivity contribution < 1.29 is 46.1 Å². The number of aromatic nitrogens is 8. The van der Waals surface area contributed by atoms with Gasteiger partial charge in [0.15, 0.2) is 0 Å². The Morgan fingerprint density at radius 1 is 0.651 bits per heavy atom. The first-order valence-corrected chi connectivity index (χ1v) is 19.8. The topological polar surface area (TPSA) is 169 Å². The third kappa shape index (κ3) is 11.4. The van der Waals surface area contributed by atoms with Gasteiger partial charge in [0.2, 0.25) is 11.6 Å². The molecule has 0 unspecified atom stereocenters. The summed E-state index contributed by atoms with van der Waals surface area (Å²) in [5.41, 5.74) is 0.563. The lowest BCUT2D eigenvalue weighted by Gasteiger charge is -2.45. The number of β-amino-alcohol motifs (C(OH)–C–C–N with tert-alkyl or cyclic N) is 2. The fourth-order valence-corrected chi connectivity index (χ4v) is 6.96. The molecule has 14 nitrogen and oxygen atoms in total. The summed E-state index contributed by atoms with van der Waals surface area (Å²) < 4.78 is 82.0. The Balaban J connectivity index is 0.000000193. The lowest BCUT2D eigenvalue weighted by molar-refractivity contribution is -0.138. The van der Waals surface area contributed by atoms with Crippen LogP contribution >= 0.6 is 0 Å². The number of rotatable bonds is 10. The van der Waals surface area contributed by atoms with Crippen molar-refractivity contribution in [2.24, 2.45) is 0 Å². The molecule has 0 aliphatic carbocycles. The van der Waals surface area contributed by atoms with Crippen LogP contribution in [0.2, 0.25) is 0 Å². The maximum atomic E-state index is 12.8. The fourth-order valence-electron chi connectivity index (χ4n) is 6.96. The van der Waals surface area contributed by atoms with E-state index in [4.69, 9.17) is 4.74 Å². The number of tetrazole rings is 2. The van der Waals surface area contributed by atoms with Crippen LogP contribution in [0.3, 0.4) is 0 Å². The van der Waals surface area contributed by atoms with E-state index in [2.05, 4.69) is 36.1 Å². The first-order valence-electron chi connectivity index (χ1n) is 19.8. The number of amides is 1. The monoisotopic (exact) mass is 878 g/mol. The summed E-state index contributed by atoms with van der Waals surface area (Å²) in [5, 5.41) is 48.9. The molecule has 0 bridgehead atoms. The van der Waals surface area contributed by atoms with Gasteiger partial charge in [-0.25, -0.2) is 4.79 Å². The molecule has 4 heterocycles. The summed E-state index contributed by atoms with van der Waals surface area (Å²) in [6, 6.07) is 24.9. The van der Waals surface area contributed by atoms with E-state index < -0.39 is 46.4 Å². The number of nitrogens with zero attached hydrogens (tertiary/aromatic N) is 9. The molecule has 2 aromatic heterocycles. The maximum Gasteiger partial charge on any atom is 0.416 e. The maximum absolute atomic E-state index is 12.8. The van der Waals surface area contributed by atoms with Crippen molar-refractivity contribution in [3.8, 4) is 22.8 Å².